The van der Waals surface area contributed by atoms with Crippen molar-refractivity contribution in [2.45, 2.75) is 18.4 Å². The van der Waals surface area contributed by atoms with Crippen LogP contribution in [-0.2, 0) is 0 Å². The van der Waals surface area contributed by atoms with E-state index in [9.17, 15) is 20.1 Å². The molecule has 29 heavy (non-hydrogen) atoms. The van der Waals surface area contributed by atoms with Crippen molar-refractivity contribution in [2.75, 3.05) is 20.1 Å². The smallest absolute Gasteiger partial charge is 0.197 e. The molecule has 1 aromatic heterocycles. The summed E-state index contributed by atoms with van der Waals surface area (Å²) in [4.78, 5) is 14.8. The molecule has 2 atom stereocenters. The number of hydrogen-bond acceptors (Lipinski definition) is 6. The van der Waals surface area contributed by atoms with Crippen LogP contribution in [0.25, 0.3) is 22.3 Å². The summed E-state index contributed by atoms with van der Waals surface area (Å²) in [6.07, 6.45) is -0.169. The van der Waals surface area contributed by atoms with Crippen LogP contribution in [0.5, 0.6) is 11.5 Å². The SMILES string of the molecule is CN1CC[C@H](c2c(O)cc(O)c3c(=O)cc(-c4ccccc4Cl)oc23)[C@H](O)C1.F. The second-order valence-electron chi connectivity index (χ2n) is 7.21. The molecule has 8 heteroatoms. The van der Waals surface area contributed by atoms with Crippen LogP contribution in [0.15, 0.2) is 45.6 Å². The lowest BCUT2D eigenvalue weighted by Crippen LogP contribution is -2.40. The molecule has 0 aliphatic carbocycles. The summed E-state index contributed by atoms with van der Waals surface area (Å²) in [6, 6.07) is 9.35. The van der Waals surface area contributed by atoms with E-state index >= 15 is 0 Å². The van der Waals surface area contributed by atoms with Gasteiger partial charge >= 0.3 is 0 Å². The maximum absolute atomic E-state index is 12.8. The van der Waals surface area contributed by atoms with Crippen molar-refractivity contribution >= 4 is 22.6 Å². The molecule has 2 heterocycles. The highest BCUT2D eigenvalue weighted by Gasteiger charge is 2.33. The number of aromatic hydroxyl groups is 2. The number of likely N-dealkylation sites (N-methyl/N-ethyl adjacent to an activating group) is 1. The van der Waals surface area contributed by atoms with E-state index in [4.69, 9.17) is 16.0 Å². The molecule has 3 N–H and O–H groups in total. The number of β-amino-alcohol motifs (C(OH)–C–C–N with tert-alkyl or cyclic N) is 1. The summed E-state index contributed by atoms with van der Waals surface area (Å²) in [5.41, 5.74) is 0.492. The first-order chi connectivity index (χ1) is 13.4. The third kappa shape index (κ3) is 3.69. The second kappa shape index (κ2) is 8.02. The zero-order valence-corrected chi connectivity index (χ0v) is 16.4. The Hall–Kier alpha value is -2.61. The Balaban J connectivity index is 0.00000240. The van der Waals surface area contributed by atoms with Gasteiger partial charge in [-0.1, -0.05) is 23.7 Å². The van der Waals surface area contributed by atoms with E-state index in [-0.39, 0.29) is 32.9 Å². The van der Waals surface area contributed by atoms with Crippen LogP contribution in [0.1, 0.15) is 17.9 Å². The van der Waals surface area contributed by atoms with Crippen LogP contribution in [0.4, 0.5) is 4.70 Å². The Labute approximate surface area is 170 Å². The van der Waals surface area contributed by atoms with Crippen molar-refractivity contribution in [3.05, 3.63) is 57.2 Å². The molecule has 0 radical (unpaired) electrons. The molecule has 0 unspecified atom stereocenters. The number of nitrogens with zero attached hydrogens (tertiary/aromatic N) is 1. The third-order valence-corrected chi connectivity index (χ3v) is 5.62. The summed E-state index contributed by atoms with van der Waals surface area (Å²) >= 11 is 6.25. The molecule has 4 rings (SSSR count). The Morgan fingerprint density at radius 3 is 2.59 bits per heavy atom. The quantitative estimate of drug-likeness (QED) is 0.586. The molecule has 1 fully saturated rings. The van der Waals surface area contributed by atoms with Gasteiger partial charge in [-0.2, -0.15) is 0 Å². The maximum Gasteiger partial charge on any atom is 0.197 e. The number of aliphatic hydroxyl groups excluding tert-OH is 1. The van der Waals surface area contributed by atoms with Gasteiger partial charge in [0, 0.05) is 35.7 Å². The predicted octanol–water partition coefficient (Wildman–Crippen LogP) is 3.46. The molecule has 154 valence electrons. The summed E-state index contributed by atoms with van der Waals surface area (Å²) in [6.45, 7) is 1.15. The number of fused-ring (bicyclic) bond motifs is 1. The fourth-order valence-electron chi connectivity index (χ4n) is 3.90. The van der Waals surface area contributed by atoms with E-state index in [0.717, 1.165) is 12.6 Å². The largest absolute Gasteiger partial charge is 0.507 e. The van der Waals surface area contributed by atoms with Crippen LogP contribution in [0.2, 0.25) is 5.02 Å². The predicted molar refractivity (Wildman–Crippen MR) is 110 cm³/mol. The Morgan fingerprint density at radius 2 is 1.90 bits per heavy atom. The fraction of sp³-hybridized carbons (Fsp3) is 0.286. The van der Waals surface area contributed by atoms with Crippen molar-refractivity contribution in [3.63, 3.8) is 0 Å². The van der Waals surface area contributed by atoms with Crippen LogP contribution in [0, 0.1) is 0 Å². The minimum Gasteiger partial charge on any atom is -0.507 e. The zero-order chi connectivity index (χ0) is 20.0. The Morgan fingerprint density at radius 1 is 1.17 bits per heavy atom. The van der Waals surface area contributed by atoms with Crippen LogP contribution < -0.4 is 5.43 Å². The monoisotopic (exact) mass is 421 g/mol. The van der Waals surface area contributed by atoms with Crippen molar-refractivity contribution < 1.29 is 24.4 Å². The van der Waals surface area contributed by atoms with Crippen LogP contribution >= 0.6 is 11.6 Å². The molecular formula is C21H21ClFNO5. The van der Waals surface area contributed by atoms with Gasteiger partial charge in [0.25, 0.3) is 0 Å². The number of piperidine rings is 1. The molecule has 0 spiro atoms. The van der Waals surface area contributed by atoms with E-state index in [1.165, 1.54) is 6.07 Å². The Kier molecular flexibility index (Phi) is 5.84. The first kappa shape index (κ1) is 21.1. The van der Waals surface area contributed by atoms with Crippen molar-refractivity contribution in [3.8, 4) is 22.8 Å². The van der Waals surface area contributed by atoms with Gasteiger partial charge < -0.3 is 24.6 Å². The second-order valence-corrected chi connectivity index (χ2v) is 7.62. The molecule has 2 aromatic carbocycles. The van der Waals surface area contributed by atoms with E-state index < -0.39 is 17.5 Å². The topological polar surface area (TPSA) is 94.1 Å². The molecule has 6 nitrogen and oxygen atoms in total. The van der Waals surface area contributed by atoms with Gasteiger partial charge in [-0.05, 0) is 32.1 Å². The highest BCUT2D eigenvalue weighted by molar-refractivity contribution is 6.33. The highest BCUT2D eigenvalue weighted by atomic mass is 35.5. The lowest BCUT2D eigenvalue weighted by Gasteiger charge is -2.34. The van der Waals surface area contributed by atoms with Gasteiger partial charge in [-0.25, -0.2) is 0 Å². The minimum atomic E-state index is -0.744. The fourth-order valence-corrected chi connectivity index (χ4v) is 4.13. The van der Waals surface area contributed by atoms with Crippen LogP contribution in [0.3, 0.4) is 0 Å². The summed E-state index contributed by atoms with van der Waals surface area (Å²) < 4.78 is 6.00. The van der Waals surface area contributed by atoms with E-state index in [1.807, 2.05) is 11.9 Å². The number of phenols is 2. The average molecular weight is 422 g/mol. The molecular weight excluding hydrogens is 401 g/mol. The van der Waals surface area contributed by atoms with Gasteiger partial charge in [-0.15, -0.1) is 0 Å². The number of aliphatic hydroxyl groups is 1. The maximum atomic E-state index is 12.8. The first-order valence-corrected chi connectivity index (χ1v) is 9.38. The van der Waals surface area contributed by atoms with Gasteiger partial charge in [0.1, 0.15) is 28.2 Å². The first-order valence-electron chi connectivity index (χ1n) is 9.01. The summed E-state index contributed by atoms with van der Waals surface area (Å²) in [5.74, 6) is -0.767. The average Bonchev–Trinajstić information content (AvgIpc) is 2.63. The lowest BCUT2D eigenvalue weighted by atomic mass is 9.85. The molecule has 0 saturated carbocycles. The standard InChI is InChI=1S/C21H20ClNO5.FH/c1-23-7-6-12(17(27)10-23)19-14(24)8-15(25)20-16(26)9-18(28-21(19)20)11-4-2-3-5-13(11)22;/h2-5,8-9,12,17,24-25,27H,6-7,10H2,1H3;1H/t12-,17+;/m0./s1. The van der Waals surface area contributed by atoms with E-state index in [1.54, 1.807) is 24.3 Å². The lowest BCUT2D eigenvalue weighted by molar-refractivity contribution is 0.0630. The van der Waals surface area contributed by atoms with Gasteiger partial charge in [0.05, 0.1) is 11.1 Å². The number of phenolic OH excluding ortho intramolecular Hbond substituents is 2. The molecule has 1 saturated heterocycles. The van der Waals surface area contributed by atoms with Gasteiger partial charge in [0.2, 0.25) is 0 Å². The molecule has 1 aliphatic heterocycles. The summed E-state index contributed by atoms with van der Waals surface area (Å²) in [5, 5.41) is 31.8. The summed E-state index contributed by atoms with van der Waals surface area (Å²) in [7, 11) is 1.91. The molecule has 0 amide bonds. The van der Waals surface area contributed by atoms with E-state index in [2.05, 4.69) is 0 Å². The van der Waals surface area contributed by atoms with Crippen LogP contribution in [-0.4, -0.2) is 46.5 Å². The molecule has 1 aliphatic rings. The molecule has 0 bridgehead atoms. The van der Waals surface area contributed by atoms with Gasteiger partial charge in [-0.3, -0.25) is 9.50 Å². The number of benzene rings is 2. The highest BCUT2D eigenvalue weighted by Crippen LogP contribution is 2.42. The minimum absolute atomic E-state index is 0. The number of halogens is 2. The number of hydrogen-bond donors (Lipinski definition) is 3. The Bertz CT molecular complexity index is 1120. The van der Waals surface area contributed by atoms with Crippen molar-refractivity contribution in [1.82, 2.24) is 4.90 Å². The third-order valence-electron chi connectivity index (χ3n) is 5.29. The number of rotatable bonds is 2. The van der Waals surface area contributed by atoms with Crippen molar-refractivity contribution in [2.24, 2.45) is 0 Å². The van der Waals surface area contributed by atoms with Gasteiger partial charge in [0.15, 0.2) is 5.43 Å². The van der Waals surface area contributed by atoms with Crippen molar-refractivity contribution in [1.29, 1.82) is 0 Å². The zero-order valence-electron chi connectivity index (χ0n) is 15.6. The molecule has 3 aromatic rings. The normalized spacial score (nSPS) is 19.8. The van der Waals surface area contributed by atoms with E-state index in [0.29, 0.717) is 29.1 Å². The number of likely N-dealkylation sites (tertiary alicyclic amines) is 1.